The van der Waals surface area contributed by atoms with Gasteiger partial charge in [0.05, 0.1) is 0 Å². The third-order valence-electron chi connectivity index (χ3n) is 1.73. The molecular weight excluding hydrogens is 342 g/mol. The predicted octanol–water partition coefficient (Wildman–Crippen LogP) is 1.66. The van der Waals surface area contributed by atoms with Crippen molar-refractivity contribution in [3.63, 3.8) is 0 Å². The van der Waals surface area contributed by atoms with Gasteiger partial charge in [0.1, 0.15) is 4.90 Å². The number of alkyl halides is 3. The lowest BCUT2D eigenvalue weighted by Gasteiger charge is -2.09. The van der Waals surface area contributed by atoms with Crippen LogP contribution in [0.5, 0.6) is 0 Å². The van der Waals surface area contributed by atoms with Crippen LogP contribution in [0.4, 0.5) is 26.3 Å². The van der Waals surface area contributed by atoms with Gasteiger partial charge >= 0.3 is 25.7 Å². The number of halogens is 6. The second kappa shape index (κ2) is 4.89. The van der Waals surface area contributed by atoms with Gasteiger partial charge in [-0.15, -0.1) is 3.63 Å². The van der Waals surface area contributed by atoms with E-state index in [-0.39, 0.29) is 12.1 Å². The fourth-order valence-electron chi connectivity index (χ4n) is 0.894. The van der Waals surface area contributed by atoms with E-state index in [0.717, 1.165) is 0 Å². The van der Waals surface area contributed by atoms with Crippen LogP contribution in [-0.2, 0) is 23.9 Å². The largest absolute Gasteiger partial charge is 0.524 e. The molecule has 0 saturated heterocycles. The molecule has 1 aromatic rings. The minimum atomic E-state index is -6.61. The van der Waals surface area contributed by atoms with E-state index in [1.807, 2.05) is 0 Å². The third kappa shape index (κ3) is 3.04. The van der Waals surface area contributed by atoms with Gasteiger partial charge in [0.25, 0.3) is 0 Å². The molecular formula is C7H2F6O5S2. The Balaban J connectivity index is 3.38. The van der Waals surface area contributed by atoms with Gasteiger partial charge in [-0.25, -0.2) is 13.2 Å². The Kier molecular flexibility index (Phi) is 4.09. The lowest BCUT2D eigenvalue weighted by atomic mass is 10.3. The standard InChI is InChI=1S/C7H2F6O5S2/c8-3-1-2-4(6(10)5(3)9)19(14,15)18-20(16,17)7(11,12)13/h1-2H. The zero-order chi connectivity index (χ0) is 15.9. The number of hydrogen-bond donors (Lipinski definition) is 0. The first kappa shape index (κ1) is 16.7. The lowest BCUT2D eigenvalue weighted by Crippen LogP contribution is -2.28. The fourth-order valence-corrected chi connectivity index (χ4v) is 2.98. The summed E-state index contributed by atoms with van der Waals surface area (Å²) in [7, 11) is -12.5. The Morgan fingerprint density at radius 2 is 1.40 bits per heavy atom. The van der Waals surface area contributed by atoms with E-state index in [1.165, 1.54) is 0 Å². The summed E-state index contributed by atoms with van der Waals surface area (Å²) in [5, 5.41) is 0. The van der Waals surface area contributed by atoms with Crippen LogP contribution in [0, 0.1) is 17.5 Å². The smallest absolute Gasteiger partial charge is 0.204 e. The Hall–Kier alpha value is -1.34. The fraction of sp³-hybridized carbons (Fsp3) is 0.143. The van der Waals surface area contributed by atoms with E-state index in [0.29, 0.717) is 0 Å². The number of rotatable bonds is 3. The van der Waals surface area contributed by atoms with Gasteiger partial charge in [-0.1, -0.05) is 0 Å². The summed E-state index contributed by atoms with van der Waals surface area (Å²) in [5.74, 6) is -6.57. The van der Waals surface area contributed by atoms with Crippen LogP contribution in [0.25, 0.3) is 0 Å². The summed E-state index contributed by atoms with van der Waals surface area (Å²) in [6, 6.07) is 0.0733. The van der Waals surface area contributed by atoms with Crippen molar-refractivity contribution in [1.82, 2.24) is 0 Å². The van der Waals surface area contributed by atoms with Crippen molar-refractivity contribution in [3.8, 4) is 0 Å². The second-order valence-corrected chi connectivity index (χ2v) is 6.36. The maximum Gasteiger partial charge on any atom is 0.524 e. The number of benzene rings is 1. The summed E-state index contributed by atoms with van der Waals surface area (Å²) >= 11 is 0. The average Bonchev–Trinajstić information content (AvgIpc) is 2.22. The van der Waals surface area contributed by atoms with Gasteiger partial charge in [0, 0.05) is 0 Å². The maximum absolute atomic E-state index is 13.1. The molecule has 1 rings (SSSR count). The molecule has 5 nitrogen and oxygen atoms in total. The summed E-state index contributed by atoms with van der Waals surface area (Å²) < 4.78 is 120. The monoisotopic (exact) mass is 344 g/mol. The molecule has 20 heavy (non-hydrogen) atoms. The van der Waals surface area contributed by atoms with Crippen molar-refractivity contribution in [3.05, 3.63) is 29.6 Å². The van der Waals surface area contributed by atoms with Gasteiger partial charge in [-0.2, -0.15) is 30.0 Å². The van der Waals surface area contributed by atoms with Crippen LogP contribution < -0.4 is 0 Å². The topological polar surface area (TPSA) is 77.5 Å². The van der Waals surface area contributed by atoms with Gasteiger partial charge in [-0.05, 0) is 12.1 Å². The Bertz CT molecular complexity index is 736. The van der Waals surface area contributed by atoms with E-state index in [9.17, 15) is 43.2 Å². The van der Waals surface area contributed by atoms with Crippen LogP contribution >= 0.6 is 0 Å². The minimum absolute atomic E-state index is 0.00890. The van der Waals surface area contributed by atoms with Crippen LogP contribution in [0.2, 0.25) is 0 Å². The molecule has 114 valence electrons. The van der Waals surface area contributed by atoms with Crippen molar-refractivity contribution < 1.29 is 46.8 Å². The summed E-state index contributed by atoms with van der Waals surface area (Å²) in [4.78, 5) is -1.90. The predicted molar refractivity (Wildman–Crippen MR) is 49.6 cm³/mol. The van der Waals surface area contributed by atoms with E-state index < -0.39 is 48.1 Å². The van der Waals surface area contributed by atoms with E-state index >= 15 is 0 Å². The molecule has 13 heteroatoms. The lowest BCUT2D eigenvalue weighted by molar-refractivity contribution is -0.0498. The van der Waals surface area contributed by atoms with Crippen molar-refractivity contribution in [2.75, 3.05) is 0 Å². The Labute approximate surface area is 108 Å². The molecule has 0 aromatic heterocycles. The van der Waals surface area contributed by atoms with Crippen LogP contribution in [0.1, 0.15) is 0 Å². The first-order valence-corrected chi connectivity index (χ1v) is 7.02. The second-order valence-electron chi connectivity index (χ2n) is 3.10. The highest BCUT2D eigenvalue weighted by atomic mass is 32.3. The molecule has 0 atom stereocenters. The van der Waals surface area contributed by atoms with Gasteiger partial charge in [-0.3, -0.25) is 0 Å². The molecule has 0 bridgehead atoms. The zero-order valence-corrected chi connectivity index (χ0v) is 10.4. The first-order chi connectivity index (χ1) is 8.79. The summed E-state index contributed by atoms with van der Waals surface area (Å²) in [6.45, 7) is 0. The van der Waals surface area contributed by atoms with Crippen LogP contribution in [0.3, 0.4) is 0 Å². The van der Waals surface area contributed by atoms with E-state index in [2.05, 4.69) is 3.63 Å². The molecule has 0 heterocycles. The molecule has 0 N–H and O–H groups in total. The SMILES string of the molecule is O=S(=O)(OS(=O)(=O)C(F)(F)F)c1ccc(F)c(F)c1F. The molecule has 0 unspecified atom stereocenters. The minimum Gasteiger partial charge on any atom is -0.204 e. The molecule has 0 aliphatic heterocycles. The average molecular weight is 344 g/mol. The van der Waals surface area contributed by atoms with Gasteiger partial charge in [0.2, 0.25) is 0 Å². The molecule has 1 aromatic carbocycles. The normalized spacial score (nSPS) is 13.5. The Morgan fingerprint density at radius 3 is 1.85 bits per heavy atom. The molecule has 0 radical (unpaired) electrons. The molecule has 0 aliphatic rings. The van der Waals surface area contributed by atoms with Crippen LogP contribution in [-0.4, -0.2) is 22.3 Å². The van der Waals surface area contributed by atoms with Crippen molar-refractivity contribution in [1.29, 1.82) is 0 Å². The molecule has 0 aliphatic carbocycles. The summed E-state index contributed by atoms with van der Waals surface area (Å²) in [5.41, 5.74) is -6.10. The quantitative estimate of drug-likeness (QED) is 0.473. The van der Waals surface area contributed by atoms with E-state index in [1.54, 1.807) is 0 Å². The van der Waals surface area contributed by atoms with Crippen molar-refractivity contribution >= 4 is 20.2 Å². The third-order valence-corrected chi connectivity index (χ3v) is 4.59. The maximum atomic E-state index is 13.1. The highest BCUT2D eigenvalue weighted by Gasteiger charge is 2.51. The van der Waals surface area contributed by atoms with Crippen molar-refractivity contribution in [2.24, 2.45) is 0 Å². The van der Waals surface area contributed by atoms with Gasteiger partial charge < -0.3 is 0 Å². The highest BCUT2D eigenvalue weighted by Crippen LogP contribution is 2.29. The molecule has 0 spiro atoms. The molecule has 0 fully saturated rings. The van der Waals surface area contributed by atoms with Crippen LogP contribution in [0.15, 0.2) is 17.0 Å². The first-order valence-electron chi connectivity index (χ1n) is 4.20. The molecule has 0 saturated carbocycles. The summed E-state index contributed by atoms with van der Waals surface area (Å²) in [6.07, 6.45) is 0. The van der Waals surface area contributed by atoms with Gasteiger partial charge in [0.15, 0.2) is 17.5 Å². The number of hydrogen-bond acceptors (Lipinski definition) is 5. The zero-order valence-electron chi connectivity index (χ0n) is 8.78. The van der Waals surface area contributed by atoms with E-state index in [4.69, 9.17) is 0 Å². The Morgan fingerprint density at radius 1 is 0.900 bits per heavy atom. The van der Waals surface area contributed by atoms with Crippen molar-refractivity contribution in [2.45, 2.75) is 10.4 Å². The molecule has 0 amide bonds. The highest BCUT2D eigenvalue weighted by molar-refractivity contribution is 8.00.